The molecule has 57 heavy (non-hydrogen) atoms. The van der Waals surface area contributed by atoms with Crippen molar-refractivity contribution < 1.29 is 51.4 Å². The van der Waals surface area contributed by atoms with Crippen LogP contribution in [0.4, 0.5) is 18.0 Å². The van der Waals surface area contributed by atoms with Crippen LogP contribution in [0.15, 0.2) is 29.3 Å². The molecule has 3 atom stereocenters. The van der Waals surface area contributed by atoms with Gasteiger partial charge in [0.15, 0.2) is 5.66 Å². The fraction of sp³-hybridized carbons (Fsp3) is 0.684. The van der Waals surface area contributed by atoms with Crippen LogP contribution in [-0.4, -0.2) is 117 Å². The maximum absolute atomic E-state index is 13.2. The van der Waals surface area contributed by atoms with Gasteiger partial charge in [-0.2, -0.15) is 18.2 Å². The quantitative estimate of drug-likeness (QED) is 0.0532. The van der Waals surface area contributed by atoms with Gasteiger partial charge in [0.05, 0.1) is 38.2 Å². The van der Waals surface area contributed by atoms with Gasteiger partial charge in [-0.25, -0.2) is 4.79 Å². The van der Waals surface area contributed by atoms with Gasteiger partial charge in [-0.05, 0) is 49.8 Å². The molecule has 0 radical (unpaired) electrons. The highest BCUT2D eigenvalue weighted by molar-refractivity contribution is 8.01. The number of nitrogens with two attached hydrogens (primary N) is 2. The number of halogens is 3. The number of rotatable bonds is 28. The van der Waals surface area contributed by atoms with Crippen molar-refractivity contribution >= 4 is 47.0 Å². The Hall–Kier alpha value is -3.62. The molecular weight excluding hydrogens is 772 g/mol. The van der Waals surface area contributed by atoms with E-state index >= 15 is 0 Å². The molecule has 19 heteroatoms. The minimum Gasteiger partial charge on any atom is -0.379 e. The van der Waals surface area contributed by atoms with E-state index in [0.717, 1.165) is 61.4 Å². The van der Waals surface area contributed by atoms with Gasteiger partial charge in [0.2, 0.25) is 11.8 Å². The van der Waals surface area contributed by atoms with Crippen molar-refractivity contribution in [2.45, 2.75) is 101 Å². The van der Waals surface area contributed by atoms with E-state index in [1.165, 1.54) is 0 Å². The lowest BCUT2D eigenvalue weighted by Gasteiger charge is -2.27. The number of alkyl halides is 3. The molecule has 1 fully saturated rings. The van der Waals surface area contributed by atoms with Crippen molar-refractivity contribution in [3.63, 3.8) is 0 Å². The molecule has 0 saturated carbocycles. The summed E-state index contributed by atoms with van der Waals surface area (Å²) in [5.41, 5.74) is 7.90. The number of aliphatic imine (C=N–C) groups is 1. The van der Waals surface area contributed by atoms with E-state index in [1.54, 1.807) is 13.8 Å². The molecule has 15 nitrogen and oxygen atoms in total. The molecule has 0 spiro atoms. The van der Waals surface area contributed by atoms with E-state index in [9.17, 15) is 37.1 Å². The van der Waals surface area contributed by atoms with Gasteiger partial charge in [-0.1, -0.05) is 38.8 Å². The van der Waals surface area contributed by atoms with E-state index in [4.69, 9.17) is 25.7 Å². The molecule has 0 aliphatic carbocycles. The first-order chi connectivity index (χ1) is 27.1. The second-order valence-electron chi connectivity index (χ2n) is 14.3. The average Bonchev–Trinajstić information content (AvgIpc) is 3.72. The van der Waals surface area contributed by atoms with Gasteiger partial charge in [-0.15, -0.1) is 11.8 Å². The molecule has 2 aliphatic rings. The Bertz CT molecular complexity index is 1500. The Morgan fingerprint density at radius 1 is 0.877 bits per heavy atom. The van der Waals surface area contributed by atoms with Crippen molar-refractivity contribution in [3.8, 4) is 0 Å². The normalized spacial score (nSPS) is 17.2. The lowest BCUT2D eigenvalue weighted by atomic mass is 9.98. The molecule has 3 unspecified atom stereocenters. The van der Waals surface area contributed by atoms with Crippen molar-refractivity contribution in [3.05, 3.63) is 35.4 Å². The number of fused-ring (bicyclic) bond motifs is 1. The van der Waals surface area contributed by atoms with Crippen LogP contribution in [0.5, 0.6) is 0 Å². The van der Waals surface area contributed by atoms with E-state index < -0.39 is 35.3 Å². The number of hydrogen-bond donors (Lipinski definition) is 6. The van der Waals surface area contributed by atoms with Crippen LogP contribution < -0.4 is 32.7 Å². The second kappa shape index (κ2) is 24.3. The molecule has 1 saturated heterocycles. The summed E-state index contributed by atoms with van der Waals surface area (Å²) < 4.78 is 56.2. The number of hydrogen-bond acceptors (Lipinski definition) is 11. The summed E-state index contributed by atoms with van der Waals surface area (Å²) in [6, 6.07) is 3.04. The number of Topliss-reactive ketones (excluding diaryl/α,β-unsaturated/α-hetero) is 1. The summed E-state index contributed by atoms with van der Waals surface area (Å²) in [6.07, 6.45) is 0.618. The Morgan fingerprint density at radius 3 is 2.11 bits per heavy atom. The predicted molar refractivity (Wildman–Crippen MR) is 210 cm³/mol. The molecule has 2 heterocycles. The summed E-state index contributed by atoms with van der Waals surface area (Å²) in [5.74, 6) is -0.729. The summed E-state index contributed by atoms with van der Waals surface area (Å²) in [7, 11) is 0. The molecule has 2 aliphatic heterocycles. The standard InChI is InChI=1S/C38H58F3N7O8S/c1-25(2)30(49)15-14-28(46-34(51)26-10-12-27(13-11-26)37(42,43)38(39,40)41)35(52)45-17-7-19-55-21-23-56-22-20-54-18-6-16-44-32(50)9-5-3-4-8-31-33-29(24-57-31)47-36(53)48-33/h10-13,25,28,31,33H,3-9,14-24,42-43H2,1-2H3,(H,44,50)(H,45,52)(H,46,51)(H,48,53). The Morgan fingerprint density at radius 2 is 1.49 bits per heavy atom. The summed E-state index contributed by atoms with van der Waals surface area (Å²) in [4.78, 5) is 65.6. The zero-order valence-electron chi connectivity index (χ0n) is 32.8. The third kappa shape index (κ3) is 16.6. The number of benzene rings is 1. The zero-order chi connectivity index (χ0) is 41.8. The Labute approximate surface area is 336 Å². The third-order valence-electron chi connectivity index (χ3n) is 9.43. The van der Waals surface area contributed by atoms with Crippen LogP contribution in [0.3, 0.4) is 0 Å². The van der Waals surface area contributed by atoms with E-state index in [2.05, 4.69) is 26.3 Å². The first-order valence-electron chi connectivity index (χ1n) is 19.5. The average molecular weight is 830 g/mol. The predicted octanol–water partition coefficient (Wildman–Crippen LogP) is 3.08. The molecule has 8 N–H and O–H groups in total. The minimum absolute atomic E-state index is 0.0153. The maximum atomic E-state index is 13.2. The van der Waals surface area contributed by atoms with Gasteiger partial charge < -0.3 is 46.9 Å². The highest BCUT2D eigenvalue weighted by Crippen LogP contribution is 2.33. The molecule has 0 aromatic heterocycles. The third-order valence-corrected chi connectivity index (χ3v) is 10.8. The molecule has 5 amide bonds. The molecule has 1 aromatic carbocycles. The van der Waals surface area contributed by atoms with Crippen LogP contribution in [0.25, 0.3) is 0 Å². The summed E-state index contributed by atoms with van der Waals surface area (Å²) in [6.45, 7) is 6.54. The molecule has 1 aromatic rings. The highest BCUT2D eigenvalue weighted by atomic mass is 32.2. The van der Waals surface area contributed by atoms with E-state index in [0.29, 0.717) is 70.7 Å². The number of carbonyl (C=O) groups is 5. The van der Waals surface area contributed by atoms with E-state index in [1.807, 2.05) is 11.8 Å². The van der Waals surface area contributed by atoms with Gasteiger partial charge in [-0.3, -0.25) is 19.2 Å². The smallest absolute Gasteiger partial charge is 0.379 e. The SMILES string of the molecule is CC(C)C(=O)CCC(NC(=O)c1ccc(C(N)(N)C(F)(F)F)cc1)C(=O)NCCCOCCOCCOCCCNC(=O)CCCCCC1SCC2=NC(=O)NC21. The van der Waals surface area contributed by atoms with Crippen LogP contribution >= 0.6 is 11.8 Å². The minimum atomic E-state index is -4.92. The Balaban J connectivity index is 1.17. The lowest BCUT2D eigenvalue weighted by Crippen LogP contribution is -2.57. The number of carbonyl (C=O) groups excluding carboxylic acids is 5. The summed E-state index contributed by atoms with van der Waals surface area (Å²) in [5, 5.41) is 11.5. The van der Waals surface area contributed by atoms with Crippen molar-refractivity contribution in [2.75, 3.05) is 58.5 Å². The van der Waals surface area contributed by atoms with Crippen molar-refractivity contribution in [2.24, 2.45) is 22.4 Å². The molecular formula is C38H58F3N7O8S. The van der Waals surface area contributed by atoms with E-state index in [-0.39, 0.29) is 54.6 Å². The number of ether oxygens (including phenoxy) is 3. The van der Waals surface area contributed by atoms with Crippen LogP contribution in [-0.2, 0) is 34.3 Å². The van der Waals surface area contributed by atoms with Crippen molar-refractivity contribution in [1.82, 2.24) is 21.3 Å². The number of thioether (sulfide) groups is 1. The number of amides is 5. The van der Waals surface area contributed by atoms with Gasteiger partial charge >= 0.3 is 12.2 Å². The summed E-state index contributed by atoms with van der Waals surface area (Å²) >= 11 is 1.84. The molecule has 3 rings (SSSR count). The number of nitrogens with zero attached hydrogens (tertiary/aromatic N) is 1. The fourth-order valence-corrected chi connectivity index (χ4v) is 7.29. The van der Waals surface area contributed by atoms with Crippen LogP contribution in [0.1, 0.15) is 87.6 Å². The molecule has 320 valence electrons. The largest absolute Gasteiger partial charge is 0.423 e. The highest BCUT2D eigenvalue weighted by Gasteiger charge is 2.50. The first kappa shape index (κ1) is 47.8. The topological polar surface area (TPSA) is 226 Å². The van der Waals surface area contributed by atoms with Gasteiger partial charge in [0.25, 0.3) is 5.91 Å². The fourth-order valence-electron chi connectivity index (χ4n) is 5.91. The number of unbranched alkanes of at least 4 members (excludes halogenated alkanes) is 2. The number of urea groups is 1. The van der Waals surface area contributed by atoms with Gasteiger partial charge in [0.1, 0.15) is 11.8 Å². The lowest BCUT2D eigenvalue weighted by molar-refractivity contribution is -0.188. The van der Waals surface area contributed by atoms with Gasteiger partial charge in [0, 0.05) is 61.6 Å². The van der Waals surface area contributed by atoms with Crippen molar-refractivity contribution in [1.29, 1.82) is 0 Å². The Kier molecular flexibility index (Phi) is 20.4. The number of ketones is 1. The van der Waals surface area contributed by atoms with Crippen LogP contribution in [0, 0.1) is 5.92 Å². The zero-order valence-corrected chi connectivity index (χ0v) is 33.6. The van der Waals surface area contributed by atoms with Crippen LogP contribution in [0.2, 0.25) is 0 Å². The monoisotopic (exact) mass is 829 g/mol. The first-order valence-corrected chi connectivity index (χ1v) is 20.5. The maximum Gasteiger partial charge on any atom is 0.423 e. The molecule has 0 bridgehead atoms. The number of nitrogens with one attached hydrogen (secondary N) is 4. The second-order valence-corrected chi connectivity index (χ2v) is 15.5.